The standard InChI is InChI=1S/C21H29F3N4O7S/c1-13(20(31)32)28-36(33,34)16-4-2-3-15(19(16)35-21(22,23)24)27-18(30)9-12-26-17(29)6-5-14-7-10-25-11-8-14/h2-4,13-14,25,28H,5-12H2,1H3,(H,26,29)(H,27,30)(H,31,32)/t13-/m0/s1. The summed E-state index contributed by atoms with van der Waals surface area (Å²) in [4.78, 5) is 34.3. The fraction of sp³-hybridized carbons (Fsp3) is 0.571. The number of piperidine rings is 1. The number of halogens is 3. The summed E-state index contributed by atoms with van der Waals surface area (Å²) in [6, 6.07) is 1.18. The summed E-state index contributed by atoms with van der Waals surface area (Å²) >= 11 is 0. The highest BCUT2D eigenvalue weighted by molar-refractivity contribution is 7.89. The molecule has 0 bridgehead atoms. The SMILES string of the molecule is C[C@H](NS(=O)(=O)c1cccc(NC(=O)CCNC(=O)CCC2CCNCC2)c1OC(F)(F)F)C(=O)O. The monoisotopic (exact) mass is 538 g/mol. The number of alkyl halides is 3. The number of rotatable bonds is 12. The van der Waals surface area contributed by atoms with Crippen LogP contribution in [0.2, 0.25) is 0 Å². The molecule has 0 spiro atoms. The summed E-state index contributed by atoms with van der Waals surface area (Å²) in [6.07, 6.45) is -2.64. The lowest BCUT2D eigenvalue weighted by molar-refractivity contribution is -0.275. The number of benzene rings is 1. The number of hydrogen-bond donors (Lipinski definition) is 5. The Bertz CT molecular complexity index is 1040. The first-order valence-electron chi connectivity index (χ1n) is 11.2. The van der Waals surface area contributed by atoms with Gasteiger partial charge in [-0.15, -0.1) is 13.2 Å². The molecule has 2 rings (SSSR count). The molecule has 1 heterocycles. The predicted octanol–water partition coefficient (Wildman–Crippen LogP) is 1.56. The molecule has 202 valence electrons. The van der Waals surface area contributed by atoms with Gasteiger partial charge in [0.05, 0.1) is 5.69 Å². The second-order valence-corrected chi connectivity index (χ2v) is 9.92. The molecule has 1 aromatic carbocycles. The van der Waals surface area contributed by atoms with Gasteiger partial charge in [-0.25, -0.2) is 8.42 Å². The largest absolute Gasteiger partial charge is 0.573 e. The van der Waals surface area contributed by atoms with E-state index < -0.39 is 50.6 Å². The van der Waals surface area contributed by atoms with Gasteiger partial charge < -0.3 is 25.8 Å². The van der Waals surface area contributed by atoms with E-state index >= 15 is 0 Å². The number of carbonyl (C=O) groups excluding carboxylic acids is 2. The number of carboxylic acid groups (broad SMARTS) is 1. The first-order valence-corrected chi connectivity index (χ1v) is 12.7. The van der Waals surface area contributed by atoms with Gasteiger partial charge >= 0.3 is 12.3 Å². The fourth-order valence-corrected chi connectivity index (χ4v) is 4.86. The van der Waals surface area contributed by atoms with Crippen molar-refractivity contribution in [2.45, 2.75) is 56.3 Å². The summed E-state index contributed by atoms with van der Waals surface area (Å²) in [7, 11) is -4.78. The van der Waals surface area contributed by atoms with Crippen LogP contribution in [0.1, 0.15) is 39.0 Å². The quantitative estimate of drug-likeness (QED) is 0.268. The third-order valence-electron chi connectivity index (χ3n) is 5.38. The van der Waals surface area contributed by atoms with Gasteiger partial charge in [-0.05, 0) is 57.3 Å². The molecular formula is C21H29F3N4O7S. The maximum absolute atomic E-state index is 13.0. The Morgan fingerprint density at radius 3 is 2.44 bits per heavy atom. The number of nitrogens with one attached hydrogen (secondary N) is 4. The Morgan fingerprint density at radius 1 is 1.17 bits per heavy atom. The summed E-state index contributed by atoms with van der Waals surface area (Å²) in [6.45, 7) is 2.71. The molecule has 5 N–H and O–H groups in total. The van der Waals surface area contributed by atoms with Gasteiger partial charge in [0, 0.05) is 19.4 Å². The van der Waals surface area contributed by atoms with E-state index in [-0.39, 0.29) is 25.3 Å². The lowest BCUT2D eigenvalue weighted by Crippen LogP contribution is -2.38. The van der Waals surface area contributed by atoms with Crippen LogP contribution in [-0.4, -0.2) is 63.3 Å². The second kappa shape index (κ2) is 12.9. The van der Waals surface area contributed by atoms with Crippen LogP contribution in [-0.2, 0) is 24.4 Å². The average Bonchev–Trinajstić information content (AvgIpc) is 2.78. The zero-order valence-electron chi connectivity index (χ0n) is 19.5. The average molecular weight is 539 g/mol. The molecule has 0 aliphatic carbocycles. The topological polar surface area (TPSA) is 163 Å². The van der Waals surface area contributed by atoms with E-state index in [0.29, 0.717) is 12.3 Å². The lowest BCUT2D eigenvalue weighted by atomic mass is 9.93. The van der Waals surface area contributed by atoms with Crippen LogP contribution in [0.15, 0.2) is 23.1 Å². The third-order valence-corrected chi connectivity index (χ3v) is 6.94. The smallest absolute Gasteiger partial charge is 0.480 e. The van der Waals surface area contributed by atoms with Gasteiger partial charge in [-0.3, -0.25) is 14.4 Å². The first kappa shape index (κ1) is 29.3. The molecule has 2 amide bonds. The molecule has 1 fully saturated rings. The Kier molecular flexibility index (Phi) is 10.5. The highest BCUT2D eigenvalue weighted by atomic mass is 32.2. The van der Waals surface area contributed by atoms with Crippen molar-refractivity contribution >= 4 is 33.5 Å². The van der Waals surface area contributed by atoms with Crippen LogP contribution in [0.5, 0.6) is 5.75 Å². The molecular weight excluding hydrogens is 509 g/mol. The molecule has 36 heavy (non-hydrogen) atoms. The van der Waals surface area contributed by atoms with Crippen molar-refractivity contribution in [3.05, 3.63) is 18.2 Å². The van der Waals surface area contributed by atoms with E-state index in [1.165, 1.54) is 0 Å². The van der Waals surface area contributed by atoms with Crippen molar-refractivity contribution in [1.82, 2.24) is 15.4 Å². The zero-order chi connectivity index (χ0) is 26.9. The highest BCUT2D eigenvalue weighted by Gasteiger charge is 2.36. The van der Waals surface area contributed by atoms with E-state index in [0.717, 1.165) is 51.1 Å². The van der Waals surface area contributed by atoms with Gasteiger partial charge in [0.1, 0.15) is 10.9 Å². The molecule has 0 radical (unpaired) electrons. The maximum atomic E-state index is 13.0. The number of ether oxygens (including phenoxy) is 1. The molecule has 0 aromatic heterocycles. The number of anilines is 1. The molecule has 15 heteroatoms. The zero-order valence-corrected chi connectivity index (χ0v) is 20.3. The van der Waals surface area contributed by atoms with Crippen molar-refractivity contribution in [3.63, 3.8) is 0 Å². The van der Waals surface area contributed by atoms with E-state index in [9.17, 15) is 36.0 Å². The van der Waals surface area contributed by atoms with Crippen LogP contribution in [0.25, 0.3) is 0 Å². The fourth-order valence-electron chi connectivity index (χ4n) is 3.52. The number of aliphatic carboxylic acids is 1. The molecule has 1 saturated heterocycles. The normalized spacial score (nSPS) is 15.7. The van der Waals surface area contributed by atoms with Crippen LogP contribution in [0, 0.1) is 5.92 Å². The maximum Gasteiger partial charge on any atom is 0.573 e. The number of hydrogen-bond acceptors (Lipinski definition) is 7. The van der Waals surface area contributed by atoms with Crippen LogP contribution in [0.3, 0.4) is 0 Å². The Hall–Kier alpha value is -2.91. The van der Waals surface area contributed by atoms with Gasteiger partial charge in [-0.2, -0.15) is 4.72 Å². The van der Waals surface area contributed by atoms with Gasteiger partial charge in [0.25, 0.3) is 0 Å². The summed E-state index contributed by atoms with van der Waals surface area (Å²) in [5.41, 5.74) is -0.597. The molecule has 1 aromatic rings. The second-order valence-electron chi connectivity index (χ2n) is 8.24. The van der Waals surface area contributed by atoms with Crippen molar-refractivity contribution in [1.29, 1.82) is 0 Å². The van der Waals surface area contributed by atoms with E-state index in [4.69, 9.17) is 5.11 Å². The summed E-state index contributed by atoms with van der Waals surface area (Å²) < 4.78 is 69.7. The number of sulfonamides is 1. The van der Waals surface area contributed by atoms with Crippen molar-refractivity contribution in [3.8, 4) is 5.75 Å². The van der Waals surface area contributed by atoms with Crippen molar-refractivity contribution in [2.24, 2.45) is 5.92 Å². The minimum atomic E-state index is -5.31. The molecule has 1 atom stereocenters. The summed E-state index contributed by atoms with van der Waals surface area (Å²) in [5.74, 6) is -3.39. The summed E-state index contributed by atoms with van der Waals surface area (Å²) in [5, 5.41) is 16.9. The highest BCUT2D eigenvalue weighted by Crippen LogP contribution is 2.36. The van der Waals surface area contributed by atoms with Crippen molar-refractivity contribution < 1.29 is 45.8 Å². The minimum absolute atomic E-state index is 0.0813. The Labute approximate surface area is 206 Å². The van der Waals surface area contributed by atoms with E-state index in [1.807, 2.05) is 0 Å². The van der Waals surface area contributed by atoms with E-state index in [1.54, 1.807) is 4.72 Å². The number of carbonyl (C=O) groups is 3. The Morgan fingerprint density at radius 2 is 1.83 bits per heavy atom. The number of carboxylic acids is 1. The molecule has 0 saturated carbocycles. The molecule has 11 nitrogen and oxygen atoms in total. The lowest BCUT2D eigenvalue weighted by Gasteiger charge is -2.22. The predicted molar refractivity (Wildman–Crippen MR) is 122 cm³/mol. The number of para-hydroxylation sites is 1. The first-order chi connectivity index (χ1) is 16.8. The molecule has 1 aliphatic heterocycles. The van der Waals surface area contributed by atoms with Gasteiger partial charge in [0.2, 0.25) is 21.8 Å². The van der Waals surface area contributed by atoms with Gasteiger partial charge in [-0.1, -0.05) is 6.07 Å². The van der Waals surface area contributed by atoms with Crippen molar-refractivity contribution in [2.75, 3.05) is 25.0 Å². The minimum Gasteiger partial charge on any atom is -0.480 e. The van der Waals surface area contributed by atoms with Crippen LogP contribution < -0.4 is 25.4 Å². The Balaban J connectivity index is 2.04. The molecule has 0 unspecified atom stereocenters. The van der Waals surface area contributed by atoms with Crippen LogP contribution >= 0.6 is 0 Å². The van der Waals surface area contributed by atoms with Crippen LogP contribution in [0.4, 0.5) is 18.9 Å². The van der Waals surface area contributed by atoms with Gasteiger partial charge in [0.15, 0.2) is 5.75 Å². The number of amides is 2. The van der Waals surface area contributed by atoms with E-state index in [2.05, 4.69) is 20.7 Å². The third kappa shape index (κ3) is 9.62. The molecule has 1 aliphatic rings.